The van der Waals surface area contributed by atoms with Crippen molar-refractivity contribution in [3.63, 3.8) is 0 Å². The Hall–Kier alpha value is -0.432. The van der Waals surface area contributed by atoms with Crippen LogP contribution in [0.1, 0.15) is 13.3 Å². The van der Waals surface area contributed by atoms with E-state index >= 15 is 0 Å². The van der Waals surface area contributed by atoms with E-state index in [4.69, 9.17) is 0 Å². The number of hydrogen-bond donors (Lipinski definition) is 1. The van der Waals surface area contributed by atoms with Crippen LogP contribution in [0.4, 0.5) is 0 Å². The third kappa shape index (κ3) is 1.77. The van der Waals surface area contributed by atoms with E-state index in [2.05, 4.69) is 5.32 Å². The second-order valence-electron chi connectivity index (χ2n) is 1.84. The summed E-state index contributed by atoms with van der Waals surface area (Å²) in [7, 11) is 0. The summed E-state index contributed by atoms with van der Waals surface area (Å²) >= 11 is 0. The average molecular weight is 320 g/mol. The van der Waals surface area contributed by atoms with Crippen molar-refractivity contribution < 1.29 is 30.7 Å². The summed E-state index contributed by atoms with van der Waals surface area (Å²) in [5.74, 6) is -0.542. The minimum absolute atomic E-state index is 0. The van der Waals surface area contributed by atoms with Gasteiger partial charge in [0.2, 0.25) is 0 Å². The molecule has 0 aliphatic carbocycles. The predicted molar refractivity (Wildman–Crippen MR) is 31.5 cm³/mol. The van der Waals surface area contributed by atoms with Crippen LogP contribution in [-0.2, 0) is 30.7 Å². The molecule has 0 unspecified atom stereocenters. The van der Waals surface area contributed by atoms with Gasteiger partial charge in [-0.3, -0.25) is 14.9 Å². The van der Waals surface area contributed by atoms with Gasteiger partial charge in [0.05, 0.1) is 0 Å². The van der Waals surface area contributed by atoms with Crippen LogP contribution in [-0.4, -0.2) is 11.8 Å². The van der Waals surface area contributed by atoms with E-state index in [0.29, 0.717) is 12.0 Å². The zero-order valence-electron chi connectivity index (χ0n) is 5.42. The molecule has 3 nitrogen and oxygen atoms in total. The first-order valence-electron chi connectivity index (χ1n) is 2.80. The quantitative estimate of drug-likeness (QED) is 0.690. The van der Waals surface area contributed by atoms with Crippen molar-refractivity contribution in [1.29, 1.82) is 0 Å². The number of imide groups is 1. The largest absolute Gasteiger partial charge is 0.289 e. The second-order valence-corrected chi connectivity index (χ2v) is 1.84. The molecule has 0 atom stereocenters. The molecule has 0 bridgehead atoms. The summed E-state index contributed by atoms with van der Waals surface area (Å²) in [6.07, 6.45) is 1.96. The van der Waals surface area contributed by atoms with Crippen molar-refractivity contribution in [1.82, 2.24) is 5.32 Å². The molecule has 1 aliphatic rings. The summed E-state index contributed by atoms with van der Waals surface area (Å²) in [6.45, 7) is 1.84. The average Bonchev–Trinajstić information content (AvgIpc) is 2.10. The minimum Gasteiger partial charge on any atom is -0.289 e. The van der Waals surface area contributed by atoms with Crippen LogP contribution in [0.15, 0.2) is 11.6 Å². The van der Waals surface area contributed by atoms with E-state index in [1.54, 1.807) is 0 Å². The first kappa shape index (κ1) is 9.57. The molecule has 0 saturated carbocycles. The maximum atomic E-state index is 10.6. The molecule has 1 heterocycles. The van der Waals surface area contributed by atoms with Crippen molar-refractivity contribution in [3.05, 3.63) is 11.6 Å². The summed E-state index contributed by atoms with van der Waals surface area (Å²) in [5, 5.41) is 2.15. The van der Waals surface area contributed by atoms with Gasteiger partial charge in [0.1, 0.15) is 0 Å². The Morgan fingerprint density at radius 2 is 2.10 bits per heavy atom. The smallest absolute Gasteiger partial charge is 0.254 e. The molecule has 0 spiro atoms. The molecule has 1 aliphatic heterocycles. The molecule has 0 fully saturated rings. The normalized spacial score (nSPS) is 15.9. The van der Waals surface area contributed by atoms with Gasteiger partial charge in [-0.1, -0.05) is 6.92 Å². The maximum absolute atomic E-state index is 10.6. The molecule has 10 heavy (non-hydrogen) atoms. The first-order chi connectivity index (χ1) is 4.24. The topological polar surface area (TPSA) is 46.2 Å². The molecular formula is C6H7NO2Pt. The number of amides is 2. The van der Waals surface area contributed by atoms with Crippen LogP contribution in [0.2, 0.25) is 0 Å². The molecule has 4 heteroatoms. The fourth-order valence-electron chi connectivity index (χ4n) is 0.715. The number of nitrogens with one attached hydrogen (secondary N) is 1. The van der Waals surface area contributed by atoms with Gasteiger partial charge in [0.25, 0.3) is 11.8 Å². The summed E-state index contributed by atoms with van der Waals surface area (Å²) in [6, 6.07) is 0. The van der Waals surface area contributed by atoms with Gasteiger partial charge < -0.3 is 0 Å². The standard InChI is InChI=1S/C6H7NO2.Pt/c1-2-4-3-5(8)7-6(4)9;/h3H,2H2,1H3,(H,7,8,9);. The van der Waals surface area contributed by atoms with Crippen LogP contribution < -0.4 is 5.32 Å². The monoisotopic (exact) mass is 320 g/mol. The number of hydrogen-bond acceptors (Lipinski definition) is 2. The first-order valence-corrected chi connectivity index (χ1v) is 2.80. The fourth-order valence-corrected chi connectivity index (χ4v) is 0.715. The summed E-state index contributed by atoms with van der Waals surface area (Å²) < 4.78 is 0. The molecule has 1 rings (SSSR count). The Bertz CT molecular complexity index is 198. The van der Waals surface area contributed by atoms with Gasteiger partial charge in [-0.25, -0.2) is 0 Å². The molecule has 0 radical (unpaired) electrons. The van der Waals surface area contributed by atoms with Gasteiger partial charge in [0.15, 0.2) is 0 Å². The third-order valence-electron chi connectivity index (χ3n) is 1.21. The maximum Gasteiger partial charge on any atom is 0.254 e. The Kier molecular flexibility index (Phi) is 3.51. The van der Waals surface area contributed by atoms with Crippen molar-refractivity contribution in [2.45, 2.75) is 13.3 Å². The van der Waals surface area contributed by atoms with E-state index in [1.807, 2.05) is 6.92 Å². The molecule has 0 aromatic heterocycles. The van der Waals surface area contributed by atoms with E-state index in [-0.39, 0.29) is 32.9 Å². The fraction of sp³-hybridized carbons (Fsp3) is 0.333. The summed E-state index contributed by atoms with van der Waals surface area (Å²) in [4.78, 5) is 21.0. The van der Waals surface area contributed by atoms with E-state index in [9.17, 15) is 9.59 Å². The van der Waals surface area contributed by atoms with Gasteiger partial charge in [-0.15, -0.1) is 0 Å². The number of carbonyl (C=O) groups excluding carboxylic acids is 2. The van der Waals surface area contributed by atoms with Gasteiger partial charge in [-0.05, 0) is 6.42 Å². The van der Waals surface area contributed by atoms with Crippen molar-refractivity contribution >= 4 is 11.8 Å². The van der Waals surface area contributed by atoms with Crippen LogP contribution in [0.5, 0.6) is 0 Å². The summed E-state index contributed by atoms with van der Waals surface area (Å²) in [5.41, 5.74) is 0.569. The van der Waals surface area contributed by atoms with Crippen molar-refractivity contribution in [2.75, 3.05) is 0 Å². The third-order valence-corrected chi connectivity index (χ3v) is 1.21. The van der Waals surface area contributed by atoms with E-state index in [0.717, 1.165) is 0 Å². The Balaban J connectivity index is 0.000000810. The van der Waals surface area contributed by atoms with Crippen molar-refractivity contribution in [3.8, 4) is 0 Å². The SMILES string of the molecule is CCC1=CC(=O)NC1=O.[Pt]. The molecule has 2 amide bonds. The second kappa shape index (κ2) is 3.67. The number of carbonyl (C=O) groups is 2. The Morgan fingerprint density at radius 1 is 1.50 bits per heavy atom. The van der Waals surface area contributed by atoms with Crippen LogP contribution in [0.3, 0.4) is 0 Å². The van der Waals surface area contributed by atoms with Gasteiger partial charge in [-0.2, -0.15) is 0 Å². The van der Waals surface area contributed by atoms with Crippen LogP contribution in [0, 0.1) is 0 Å². The van der Waals surface area contributed by atoms with Gasteiger partial charge in [0, 0.05) is 32.7 Å². The van der Waals surface area contributed by atoms with E-state index in [1.165, 1.54) is 6.08 Å². The zero-order chi connectivity index (χ0) is 6.85. The van der Waals surface area contributed by atoms with Gasteiger partial charge >= 0.3 is 0 Å². The Labute approximate surface area is 73.1 Å². The zero-order valence-corrected chi connectivity index (χ0v) is 7.69. The van der Waals surface area contributed by atoms with Crippen LogP contribution >= 0.6 is 0 Å². The predicted octanol–water partition coefficient (Wildman–Crippen LogP) is -0.0233. The molecular weight excluding hydrogens is 313 g/mol. The molecule has 0 aromatic rings. The molecule has 58 valence electrons. The Morgan fingerprint density at radius 3 is 2.30 bits per heavy atom. The number of rotatable bonds is 1. The minimum atomic E-state index is -0.295. The molecule has 0 saturated heterocycles. The van der Waals surface area contributed by atoms with Crippen molar-refractivity contribution in [2.24, 2.45) is 0 Å². The van der Waals surface area contributed by atoms with Crippen LogP contribution in [0.25, 0.3) is 0 Å². The van der Waals surface area contributed by atoms with E-state index < -0.39 is 0 Å². The molecule has 1 N–H and O–H groups in total. The molecule has 0 aromatic carbocycles.